The molecule has 140 valence electrons. The minimum absolute atomic E-state index is 0.138. The molecule has 0 saturated heterocycles. The standard InChI is InChI=1S/C18H21BrN2O4S/c1-13(14-5-4-6-15(19)11-14)20-18(22)10-9-16-7-8-17(25-16)12-21(2)26(3,23)24/h4-11,13H,12H2,1-3H3,(H,20,22)/b10-9+/t13-/m1/s1. The van der Waals surface area contributed by atoms with Crippen molar-refractivity contribution < 1.29 is 17.6 Å². The highest BCUT2D eigenvalue weighted by atomic mass is 79.9. The Kier molecular flexibility index (Phi) is 6.80. The van der Waals surface area contributed by atoms with Gasteiger partial charge in [0.1, 0.15) is 11.5 Å². The van der Waals surface area contributed by atoms with Crippen molar-refractivity contribution in [3.63, 3.8) is 0 Å². The molecule has 0 spiro atoms. The summed E-state index contributed by atoms with van der Waals surface area (Å²) >= 11 is 3.41. The van der Waals surface area contributed by atoms with E-state index < -0.39 is 10.0 Å². The third-order valence-electron chi connectivity index (χ3n) is 3.73. The molecule has 0 bridgehead atoms. The quantitative estimate of drug-likeness (QED) is 0.669. The van der Waals surface area contributed by atoms with Crippen LogP contribution in [0.1, 0.15) is 30.0 Å². The molecule has 1 aromatic heterocycles. The van der Waals surface area contributed by atoms with Gasteiger partial charge in [0.15, 0.2) is 0 Å². The highest BCUT2D eigenvalue weighted by Crippen LogP contribution is 2.18. The fourth-order valence-electron chi connectivity index (χ4n) is 2.18. The van der Waals surface area contributed by atoms with Gasteiger partial charge in [-0.25, -0.2) is 8.42 Å². The van der Waals surface area contributed by atoms with Crippen molar-refractivity contribution >= 4 is 37.9 Å². The summed E-state index contributed by atoms with van der Waals surface area (Å²) in [5, 5.41) is 2.88. The van der Waals surface area contributed by atoms with Gasteiger partial charge in [0.25, 0.3) is 0 Å². The third kappa shape index (κ3) is 6.12. The normalized spacial score (nSPS) is 13.3. The average Bonchev–Trinajstić information content (AvgIpc) is 2.99. The van der Waals surface area contributed by atoms with E-state index in [9.17, 15) is 13.2 Å². The Morgan fingerprint density at radius 2 is 2.08 bits per heavy atom. The number of benzene rings is 1. The number of nitrogens with one attached hydrogen (secondary N) is 1. The third-order valence-corrected chi connectivity index (χ3v) is 5.49. The first-order valence-electron chi connectivity index (χ1n) is 7.89. The van der Waals surface area contributed by atoms with Crippen LogP contribution < -0.4 is 5.32 Å². The number of carbonyl (C=O) groups excluding carboxylic acids is 1. The van der Waals surface area contributed by atoms with Crippen LogP contribution in [0.25, 0.3) is 6.08 Å². The van der Waals surface area contributed by atoms with Gasteiger partial charge in [-0.1, -0.05) is 28.1 Å². The Morgan fingerprint density at radius 1 is 1.35 bits per heavy atom. The zero-order valence-corrected chi connectivity index (χ0v) is 17.2. The van der Waals surface area contributed by atoms with Crippen LogP contribution in [0.3, 0.4) is 0 Å². The van der Waals surface area contributed by atoms with Gasteiger partial charge in [-0.2, -0.15) is 4.31 Å². The molecule has 26 heavy (non-hydrogen) atoms. The number of rotatable bonds is 7. The summed E-state index contributed by atoms with van der Waals surface area (Å²) in [7, 11) is -1.80. The van der Waals surface area contributed by atoms with Crippen molar-refractivity contribution in [2.24, 2.45) is 0 Å². The van der Waals surface area contributed by atoms with E-state index in [1.807, 2.05) is 31.2 Å². The zero-order chi connectivity index (χ0) is 19.3. The Bertz CT molecular complexity index is 905. The monoisotopic (exact) mass is 440 g/mol. The summed E-state index contributed by atoms with van der Waals surface area (Å²) in [6.45, 7) is 2.04. The summed E-state index contributed by atoms with van der Waals surface area (Å²) < 4.78 is 30.5. The molecule has 0 aliphatic heterocycles. The molecule has 1 aromatic carbocycles. The molecule has 2 rings (SSSR count). The lowest BCUT2D eigenvalue weighted by Gasteiger charge is -2.13. The van der Waals surface area contributed by atoms with Crippen molar-refractivity contribution in [1.82, 2.24) is 9.62 Å². The molecule has 2 aromatic rings. The Morgan fingerprint density at radius 3 is 2.73 bits per heavy atom. The Balaban J connectivity index is 1.94. The predicted octanol–water partition coefficient (Wildman–Crippen LogP) is 3.32. The van der Waals surface area contributed by atoms with Gasteiger partial charge in [0, 0.05) is 17.6 Å². The van der Waals surface area contributed by atoms with Gasteiger partial charge < -0.3 is 9.73 Å². The van der Waals surface area contributed by atoms with E-state index in [1.165, 1.54) is 17.4 Å². The lowest BCUT2D eigenvalue weighted by molar-refractivity contribution is -0.117. The van der Waals surface area contributed by atoms with Gasteiger partial charge in [0.05, 0.1) is 18.8 Å². The largest absolute Gasteiger partial charge is 0.460 e. The number of halogens is 1. The summed E-state index contributed by atoms with van der Waals surface area (Å²) in [6, 6.07) is 11.0. The summed E-state index contributed by atoms with van der Waals surface area (Å²) in [4.78, 5) is 12.1. The van der Waals surface area contributed by atoms with Crippen LogP contribution in [0.4, 0.5) is 0 Å². The molecule has 0 saturated carbocycles. The maximum absolute atomic E-state index is 12.1. The number of amides is 1. The highest BCUT2D eigenvalue weighted by Gasteiger charge is 2.13. The second kappa shape index (κ2) is 8.66. The molecule has 8 heteroatoms. The number of sulfonamides is 1. The van der Waals surface area contributed by atoms with Crippen LogP contribution in [-0.4, -0.2) is 31.9 Å². The second-order valence-electron chi connectivity index (χ2n) is 5.94. The first kappa shape index (κ1) is 20.4. The average molecular weight is 441 g/mol. The molecule has 1 N–H and O–H groups in total. The van der Waals surface area contributed by atoms with Gasteiger partial charge in [-0.05, 0) is 42.8 Å². The minimum atomic E-state index is -3.27. The molecule has 0 aliphatic rings. The molecule has 1 heterocycles. The predicted molar refractivity (Wildman–Crippen MR) is 105 cm³/mol. The van der Waals surface area contributed by atoms with E-state index in [4.69, 9.17) is 4.42 Å². The lowest BCUT2D eigenvalue weighted by Crippen LogP contribution is -2.24. The molecule has 0 unspecified atom stereocenters. The van der Waals surface area contributed by atoms with E-state index in [1.54, 1.807) is 18.2 Å². The second-order valence-corrected chi connectivity index (χ2v) is 8.95. The smallest absolute Gasteiger partial charge is 0.244 e. The Hall–Kier alpha value is -1.90. The van der Waals surface area contributed by atoms with Crippen LogP contribution in [0, 0.1) is 0 Å². The minimum Gasteiger partial charge on any atom is -0.460 e. The van der Waals surface area contributed by atoms with E-state index in [0.717, 1.165) is 16.3 Å². The fourth-order valence-corrected chi connectivity index (χ4v) is 2.96. The summed E-state index contributed by atoms with van der Waals surface area (Å²) in [6.07, 6.45) is 4.07. The van der Waals surface area contributed by atoms with Crippen molar-refractivity contribution in [3.05, 3.63) is 64.0 Å². The van der Waals surface area contributed by atoms with Gasteiger partial charge in [-0.3, -0.25) is 4.79 Å². The van der Waals surface area contributed by atoms with Crippen molar-refractivity contribution in [2.45, 2.75) is 19.5 Å². The van der Waals surface area contributed by atoms with Gasteiger partial charge >= 0.3 is 0 Å². The van der Waals surface area contributed by atoms with Gasteiger partial charge in [-0.15, -0.1) is 0 Å². The topological polar surface area (TPSA) is 79.6 Å². The molecule has 0 fully saturated rings. The van der Waals surface area contributed by atoms with Crippen LogP contribution in [0.15, 0.2) is 51.4 Å². The summed E-state index contributed by atoms with van der Waals surface area (Å²) in [5.74, 6) is 0.733. The molecular weight excluding hydrogens is 420 g/mol. The van der Waals surface area contributed by atoms with E-state index >= 15 is 0 Å². The van der Waals surface area contributed by atoms with Crippen molar-refractivity contribution in [2.75, 3.05) is 13.3 Å². The van der Waals surface area contributed by atoms with Crippen molar-refractivity contribution in [1.29, 1.82) is 0 Å². The highest BCUT2D eigenvalue weighted by molar-refractivity contribution is 9.10. The van der Waals surface area contributed by atoms with Crippen LogP contribution in [0.5, 0.6) is 0 Å². The zero-order valence-electron chi connectivity index (χ0n) is 14.8. The van der Waals surface area contributed by atoms with E-state index in [0.29, 0.717) is 11.5 Å². The summed E-state index contributed by atoms with van der Waals surface area (Å²) in [5.41, 5.74) is 0.991. The first-order chi connectivity index (χ1) is 12.1. The van der Waals surface area contributed by atoms with Crippen molar-refractivity contribution in [3.8, 4) is 0 Å². The molecule has 0 radical (unpaired) electrons. The first-order valence-corrected chi connectivity index (χ1v) is 10.5. The van der Waals surface area contributed by atoms with Crippen LogP contribution >= 0.6 is 15.9 Å². The number of furan rings is 1. The molecule has 1 amide bonds. The Labute approximate surface area is 162 Å². The van der Waals surface area contributed by atoms with E-state index in [-0.39, 0.29) is 18.5 Å². The number of nitrogens with zero attached hydrogens (tertiary/aromatic N) is 1. The lowest BCUT2D eigenvalue weighted by atomic mass is 10.1. The fraction of sp³-hybridized carbons (Fsp3) is 0.278. The van der Waals surface area contributed by atoms with Gasteiger partial charge in [0.2, 0.25) is 15.9 Å². The molecular formula is C18H21BrN2O4S. The van der Waals surface area contributed by atoms with Crippen LogP contribution in [-0.2, 0) is 21.4 Å². The number of hydrogen-bond donors (Lipinski definition) is 1. The SMILES string of the molecule is C[C@@H](NC(=O)/C=C/c1ccc(CN(C)S(C)(=O)=O)o1)c1cccc(Br)c1. The van der Waals surface area contributed by atoms with E-state index in [2.05, 4.69) is 21.2 Å². The number of carbonyl (C=O) groups is 1. The maximum Gasteiger partial charge on any atom is 0.244 e. The molecule has 6 nitrogen and oxygen atoms in total. The van der Waals surface area contributed by atoms with Crippen LogP contribution in [0.2, 0.25) is 0 Å². The molecule has 1 atom stereocenters. The maximum atomic E-state index is 12.1. The molecule has 0 aliphatic carbocycles. The number of hydrogen-bond acceptors (Lipinski definition) is 4.